The zero-order chi connectivity index (χ0) is 15.6. The Bertz CT molecular complexity index is 613. The van der Waals surface area contributed by atoms with E-state index in [-0.39, 0.29) is 11.2 Å². The summed E-state index contributed by atoms with van der Waals surface area (Å²) in [5.74, 6) is 1.12. The summed E-state index contributed by atoms with van der Waals surface area (Å²) < 4.78 is 6.22. The molecule has 0 unspecified atom stereocenters. The molecule has 2 aromatic carbocycles. The highest BCUT2D eigenvalue weighted by Crippen LogP contribution is 2.44. The van der Waals surface area contributed by atoms with Crippen molar-refractivity contribution in [2.75, 3.05) is 0 Å². The maximum absolute atomic E-state index is 10.4. The molecule has 0 amide bonds. The number of hydrogen-bond donors (Lipinski definition) is 1. The summed E-state index contributed by atoms with van der Waals surface area (Å²) in [4.78, 5) is 0. The van der Waals surface area contributed by atoms with Gasteiger partial charge in [0.05, 0.1) is 5.56 Å². The van der Waals surface area contributed by atoms with Crippen molar-refractivity contribution in [3.05, 3.63) is 48.0 Å². The predicted octanol–water partition coefficient (Wildman–Crippen LogP) is 4.72. The van der Waals surface area contributed by atoms with Crippen LogP contribution in [0.4, 0.5) is 0 Å². The molecule has 0 saturated carbocycles. The summed E-state index contributed by atoms with van der Waals surface area (Å²) >= 11 is 0. The van der Waals surface area contributed by atoms with Gasteiger partial charge in [0.15, 0.2) is 0 Å². The SMILES string of the molecule is C[SiH](C)Oc1c(C(C)(C)C)ccc(O)c1-c1ccccc1. The van der Waals surface area contributed by atoms with Crippen LogP contribution < -0.4 is 4.43 Å². The van der Waals surface area contributed by atoms with Crippen molar-refractivity contribution in [2.45, 2.75) is 39.3 Å². The van der Waals surface area contributed by atoms with Gasteiger partial charge in [-0.05, 0) is 35.7 Å². The molecule has 21 heavy (non-hydrogen) atoms. The fraction of sp³-hybridized carbons (Fsp3) is 0.333. The number of phenols is 1. The lowest BCUT2D eigenvalue weighted by Crippen LogP contribution is -2.19. The number of phenolic OH excluding ortho intramolecular Hbond substituents is 1. The van der Waals surface area contributed by atoms with Crippen LogP contribution in [-0.2, 0) is 5.41 Å². The van der Waals surface area contributed by atoms with Gasteiger partial charge in [0.2, 0.25) is 9.04 Å². The average molecular weight is 300 g/mol. The first-order chi connectivity index (χ1) is 9.80. The van der Waals surface area contributed by atoms with Gasteiger partial charge in [0, 0.05) is 0 Å². The average Bonchev–Trinajstić information content (AvgIpc) is 2.37. The maximum Gasteiger partial charge on any atom is 0.229 e. The third kappa shape index (κ3) is 3.48. The lowest BCUT2D eigenvalue weighted by atomic mass is 9.84. The molecule has 0 fully saturated rings. The van der Waals surface area contributed by atoms with E-state index >= 15 is 0 Å². The van der Waals surface area contributed by atoms with Crippen LogP contribution in [0.3, 0.4) is 0 Å². The topological polar surface area (TPSA) is 29.5 Å². The normalized spacial score (nSPS) is 11.7. The molecule has 1 N–H and O–H groups in total. The molecule has 0 radical (unpaired) electrons. The second-order valence-electron chi connectivity index (χ2n) is 6.62. The molecule has 0 atom stereocenters. The van der Waals surface area contributed by atoms with E-state index in [9.17, 15) is 5.11 Å². The molecule has 2 aromatic rings. The van der Waals surface area contributed by atoms with Crippen molar-refractivity contribution in [1.29, 1.82) is 0 Å². The van der Waals surface area contributed by atoms with Gasteiger partial charge in [-0.25, -0.2) is 0 Å². The van der Waals surface area contributed by atoms with Gasteiger partial charge >= 0.3 is 0 Å². The van der Waals surface area contributed by atoms with E-state index in [0.717, 1.165) is 22.4 Å². The van der Waals surface area contributed by atoms with Gasteiger partial charge in [0.1, 0.15) is 11.5 Å². The molecule has 2 rings (SSSR count). The van der Waals surface area contributed by atoms with Crippen molar-refractivity contribution in [1.82, 2.24) is 0 Å². The van der Waals surface area contributed by atoms with E-state index in [4.69, 9.17) is 4.43 Å². The van der Waals surface area contributed by atoms with E-state index in [1.165, 1.54) is 0 Å². The van der Waals surface area contributed by atoms with Crippen molar-refractivity contribution in [2.24, 2.45) is 0 Å². The molecule has 0 bridgehead atoms. The Labute approximate surface area is 129 Å². The van der Waals surface area contributed by atoms with Crippen LogP contribution in [0.1, 0.15) is 26.3 Å². The van der Waals surface area contributed by atoms with Crippen LogP contribution in [0.25, 0.3) is 11.1 Å². The highest BCUT2D eigenvalue weighted by atomic mass is 28.3. The number of hydrogen-bond acceptors (Lipinski definition) is 2. The summed E-state index contributed by atoms with van der Waals surface area (Å²) in [6.07, 6.45) is 0. The smallest absolute Gasteiger partial charge is 0.229 e. The zero-order valence-electron chi connectivity index (χ0n) is 13.5. The first-order valence-electron chi connectivity index (χ1n) is 7.39. The third-order valence-electron chi connectivity index (χ3n) is 3.36. The van der Waals surface area contributed by atoms with Gasteiger partial charge in [-0.15, -0.1) is 0 Å². The van der Waals surface area contributed by atoms with Crippen molar-refractivity contribution in [3.63, 3.8) is 0 Å². The molecule has 3 heteroatoms. The monoisotopic (exact) mass is 300 g/mol. The molecule has 0 aromatic heterocycles. The Morgan fingerprint density at radius 2 is 1.57 bits per heavy atom. The summed E-state index contributed by atoms with van der Waals surface area (Å²) in [7, 11) is -1.28. The van der Waals surface area contributed by atoms with E-state index in [1.54, 1.807) is 6.07 Å². The fourth-order valence-electron chi connectivity index (χ4n) is 2.40. The minimum atomic E-state index is -1.28. The highest BCUT2D eigenvalue weighted by molar-refractivity contribution is 6.49. The minimum absolute atomic E-state index is 0.0319. The van der Waals surface area contributed by atoms with Gasteiger partial charge < -0.3 is 9.53 Å². The first kappa shape index (κ1) is 15.6. The van der Waals surface area contributed by atoms with E-state index in [2.05, 4.69) is 33.9 Å². The quantitative estimate of drug-likeness (QED) is 0.831. The molecule has 0 aliphatic carbocycles. The van der Waals surface area contributed by atoms with Crippen LogP contribution in [0, 0.1) is 0 Å². The van der Waals surface area contributed by atoms with Crippen LogP contribution >= 0.6 is 0 Å². The summed E-state index contributed by atoms with van der Waals surface area (Å²) in [5, 5.41) is 10.4. The lowest BCUT2D eigenvalue weighted by molar-refractivity contribution is 0.467. The van der Waals surface area contributed by atoms with Crippen molar-refractivity contribution < 1.29 is 9.53 Å². The van der Waals surface area contributed by atoms with Crippen LogP contribution in [0.15, 0.2) is 42.5 Å². The second-order valence-corrected chi connectivity index (χ2v) is 8.95. The molecule has 0 aliphatic heterocycles. The maximum atomic E-state index is 10.4. The number of aromatic hydroxyl groups is 1. The Morgan fingerprint density at radius 1 is 0.952 bits per heavy atom. The van der Waals surface area contributed by atoms with Gasteiger partial charge in [-0.1, -0.05) is 57.2 Å². The molecule has 112 valence electrons. The number of benzene rings is 2. The summed E-state index contributed by atoms with van der Waals surface area (Å²) in [5.41, 5.74) is 2.91. The van der Waals surface area contributed by atoms with E-state index < -0.39 is 9.04 Å². The van der Waals surface area contributed by atoms with Crippen molar-refractivity contribution >= 4 is 9.04 Å². The van der Waals surface area contributed by atoms with Crippen LogP contribution in [0.2, 0.25) is 13.1 Å². The second kappa shape index (κ2) is 5.94. The van der Waals surface area contributed by atoms with Gasteiger partial charge in [-0.2, -0.15) is 0 Å². The standard InChI is InChI=1S/C18H24O2Si/c1-18(2,3)14-11-12-15(19)16(17(14)20-21(4)5)13-9-7-6-8-10-13/h6-12,19,21H,1-5H3. The number of rotatable bonds is 3. The summed E-state index contributed by atoms with van der Waals surface area (Å²) in [6, 6.07) is 13.7. The molecule has 0 heterocycles. The van der Waals surface area contributed by atoms with Crippen LogP contribution in [-0.4, -0.2) is 14.1 Å². The van der Waals surface area contributed by atoms with Gasteiger partial charge in [0.25, 0.3) is 0 Å². The molecular formula is C18H24O2Si. The Balaban J connectivity index is 2.73. The Morgan fingerprint density at radius 3 is 2.10 bits per heavy atom. The first-order valence-corrected chi connectivity index (χ1v) is 10.2. The highest BCUT2D eigenvalue weighted by Gasteiger charge is 2.24. The molecule has 0 spiro atoms. The summed E-state index contributed by atoms with van der Waals surface area (Å²) in [6.45, 7) is 10.8. The van der Waals surface area contributed by atoms with E-state index in [1.807, 2.05) is 36.4 Å². The third-order valence-corrected chi connectivity index (χ3v) is 4.07. The van der Waals surface area contributed by atoms with Crippen molar-refractivity contribution in [3.8, 4) is 22.6 Å². The molecular weight excluding hydrogens is 276 g/mol. The van der Waals surface area contributed by atoms with Gasteiger partial charge in [-0.3, -0.25) is 0 Å². The lowest BCUT2D eigenvalue weighted by Gasteiger charge is -2.27. The van der Waals surface area contributed by atoms with Crippen LogP contribution in [0.5, 0.6) is 11.5 Å². The fourth-order valence-corrected chi connectivity index (χ4v) is 3.12. The molecule has 0 saturated heterocycles. The predicted molar refractivity (Wildman–Crippen MR) is 91.7 cm³/mol. The Hall–Kier alpha value is -1.74. The molecule has 2 nitrogen and oxygen atoms in total. The molecule has 0 aliphatic rings. The largest absolute Gasteiger partial charge is 0.546 e. The zero-order valence-corrected chi connectivity index (χ0v) is 14.6. The van der Waals surface area contributed by atoms with E-state index in [0.29, 0.717) is 0 Å². The minimum Gasteiger partial charge on any atom is -0.546 e. The Kier molecular flexibility index (Phi) is 4.42.